The second kappa shape index (κ2) is 8.19. The molecule has 0 radical (unpaired) electrons. The van der Waals surface area contributed by atoms with Gasteiger partial charge in [0.15, 0.2) is 0 Å². The fraction of sp³-hybridized carbons (Fsp3) is 0.471. The van der Waals surface area contributed by atoms with Crippen LogP contribution >= 0.6 is 11.8 Å². The average molecular weight is 347 g/mol. The van der Waals surface area contributed by atoms with Crippen LogP contribution in [0.25, 0.3) is 11.5 Å². The summed E-state index contributed by atoms with van der Waals surface area (Å²) in [5.41, 5.74) is 0.799. The zero-order valence-electron chi connectivity index (χ0n) is 13.7. The molecule has 1 aromatic heterocycles. The Balaban J connectivity index is 1.58. The van der Waals surface area contributed by atoms with E-state index in [0.29, 0.717) is 16.9 Å². The summed E-state index contributed by atoms with van der Waals surface area (Å²) in [6, 6.07) is 7.45. The van der Waals surface area contributed by atoms with Crippen LogP contribution in [-0.2, 0) is 4.79 Å². The summed E-state index contributed by atoms with van der Waals surface area (Å²) < 4.78 is 10.8. The molecule has 1 fully saturated rings. The largest absolute Gasteiger partial charge is 0.497 e. The summed E-state index contributed by atoms with van der Waals surface area (Å²) in [7, 11) is 1.61. The Bertz CT molecular complexity index is 681. The Morgan fingerprint density at radius 1 is 1.25 bits per heavy atom. The van der Waals surface area contributed by atoms with Gasteiger partial charge in [-0.25, -0.2) is 0 Å². The standard InChI is InChI=1S/C17H21N3O3S/c1-22-14-8-6-7-13(11-14)16-18-19-17(23-16)24-12-15(21)20-9-4-2-3-5-10-20/h6-8,11H,2-5,9-10,12H2,1H3. The highest BCUT2D eigenvalue weighted by Crippen LogP contribution is 2.26. The van der Waals surface area contributed by atoms with E-state index in [2.05, 4.69) is 10.2 Å². The first-order valence-corrected chi connectivity index (χ1v) is 9.13. The lowest BCUT2D eigenvalue weighted by Gasteiger charge is -2.19. The Morgan fingerprint density at radius 3 is 2.79 bits per heavy atom. The molecule has 0 spiro atoms. The molecule has 0 saturated carbocycles. The SMILES string of the molecule is COc1cccc(-c2nnc(SCC(=O)N3CCCCCC3)o2)c1. The van der Waals surface area contributed by atoms with Crippen molar-refractivity contribution < 1.29 is 13.9 Å². The number of carbonyl (C=O) groups is 1. The highest BCUT2D eigenvalue weighted by molar-refractivity contribution is 7.99. The number of carbonyl (C=O) groups excluding carboxylic acids is 1. The molecule has 6 nitrogen and oxygen atoms in total. The van der Waals surface area contributed by atoms with Gasteiger partial charge in [-0.15, -0.1) is 10.2 Å². The number of rotatable bonds is 5. The third kappa shape index (κ3) is 4.29. The highest BCUT2D eigenvalue weighted by atomic mass is 32.2. The predicted octanol–water partition coefficient (Wildman–Crippen LogP) is 3.24. The first kappa shape index (κ1) is 16.8. The average Bonchev–Trinajstić information content (AvgIpc) is 2.93. The number of benzene rings is 1. The number of thioether (sulfide) groups is 1. The number of hydrogen-bond acceptors (Lipinski definition) is 6. The van der Waals surface area contributed by atoms with Crippen molar-refractivity contribution in [3.8, 4) is 17.2 Å². The zero-order valence-corrected chi connectivity index (χ0v) is 14.6. The first-order valence-electron chi connectivity index (χ1n) is 8.15. The van der Waals surface area contributed by atoms with Crippen molar-refractivity contribution in [1.29, 1.82) is 0 Å². The molecule has 7 heteroatoms. The minimum Gasteiger partial charge on any atom is -0.497 e. The van der Waals surface area contributed by atoms with Crippen LogP contribution in [0.3, 0.4) is 0 Å². The molecular formula is C17H21N3O3S. The van der Waals surface area contributed by atoms with E-state index in [1.54, 1.807) is 7.11 Å². The summed E-state index contributed by atoms with van der Waals surface area (Å²) in [6.07, 6.45) is 4.61. The molecule has 1 aromatic carbocycles. The molecule has 1 aliphatic rings. The quantitative estimate of drug-likeness (QED) is 0.774. The molecule has 3 rings (SSSR count). The molecule has 0 atom stereocenters. The lowest BCUT2D eigenvalue weighted by Crippen LogP contribution is -2.33. The summed E-state index contributed by atoms with van der Waals surface area (Å²) in [5.74, 6) is 1.64. The van der Waals surface area contributed by atoms with E-state index < -0.39 is 0 Å². The van der Waals surface area contributed by atoms with Crippen LogP contribution in [0.1, 0.15) is 25.7 Å². The fourth-order valence-electron chi connectivity index (χ4n) is 2.68. The van der Waals surface area contributed by atoms with E-state index in [1.165, 1.54) is 24.6 Å². The third-order valence-corrected chi connectivity index (χ3v) is 4.80. The van der Waals surface area contributed by atoms with E-state index in [1.807, 2.05) is 29.2 Å². The van der Waals surface area contributed by atoms with Crippen molar-refractivity contribution in [2.24, 2.45) is 0 Å². The monoisotopic (exact) mass is 347 g/mol. The van der Waals surface area contributed by atoms with Crippen LogP contribution < -0.4 is 4.74 Å². The predicted molar refractivity (Wildman–Crippen MR) is 92.1 cm³/mol. The number of aromatic nitrogens is 2. The molecule has 0 N–H and O–H groups in total. The summed E-state index contributed by atoms with van der Waals surface area (Å²) in [6.45, 7) is 1.72. The Hall–Kier alpha value is -2.02. The van der Waals surface area contributed by atoms with Gasteiger partial charge in [-0.1, -0.05) is 30.7 Å². The van der Waals surface area contributed by atoms with Gasteiger partial charge in [0.2, 0.25) is 11.8 Å². The molecule has 0 bridgehead atoms. The maximum Gasteiger partial charge on any atom is 0.277 e. The van der Waals surface area contributed by atoms with Crippen LogP contribution in [0.5, 0.6) is 5.75 Å². The van der Waals surface area contributed by atoms with Gasteiger partial charge in [-0.05, 0) is 31.0 Å². The van der Waals surface area contributed by atoms with Crippen molar-refractivity contribution in [2.75, 3.05) is 26.0 Å². The molecule has 24 heavy (non-hydrogen) atoms. The maximum absolute atomic E-state index is 12.3. The van der Waals surface area contributed by atoms with Crippen LogP contribution in [0, 0.1) is 0 Å². The Labute approximate surface area is 145 Å². The molecule has 0 aliphatic carbocycles. The van der Waals surface area contributed by atoms with Crippen LogP contribution in [0.4, 0.5) is 0 Å². The first-order chi connectivity index (χ1) is 11.8. The van der Waals surface area contributed by atoms with E-state index in [4.69, 9.17) is 9.15 Å². The number of nitrogens with zero attached hydrogens (tertiary/aromatic N) is 3. The second-order valence-electron chi connectivity index (χ2n) is 5.69. The van der Waals surface area contributed by atoms with E-state index >= 15 is 0 Å². The second-order valence-corrected chi connectivity index (χ2v) is 6.62. The van der Waals surface area contributed by atoms with Gasteiger partial charge in [0.1, 0.15) is 5.75 Å². The van der Waals surface area contributed by atoms with Crippen LogP contribution in [0.2, 0.25) is 0 Å². The topological polar surface area (TPSA) is 68.5 Å². The molecule has 1 amide bonds. The minimum absolute atomic E-state index is 0.142. The smallest absolute Gasteiger partial charge is 0.277 e. The number of likely N-dealkylation sites (tertiary alicyclic amines) is 1. The lowest BCUT2D eigenvalue weighted by atomic mass is 10.2. The Morgan fingerprint density at radius 2 is 2.04 bits per heavy atom. The molecule has 1 aliphatic heterocycles. The van der Waals surface area contributed by atoms with Gasteiger partial charge in [0.05, 0.1) is 12.9 Å². The minimum atomic E-state index is 0.142. The van der Waals surface area contributed by atoms with Gasteiger partial charge >= 0.3 is 0 Å². The van der Waals surface area contributed by atoms with Gasteiger partial charge in [-0.3, -0.25) is 4.79 Å². The van der Waals surface area contributed by atoms with Crippen LogP contribution in [-0.4, -0.2) is 47.0 Å². The van der Waals surface area contributed by atoms with Crippen LogP contribution in [0.15, 0.2) is 33.9 Å². The summed E-state index contributed by atoms with van der Waals surface area (Å²) in [4.78, 5) is 14.2. The lowest BCUT2D eigenvalue weighted by molar-refractivity contribution is -0.128. The van der Waals surface area contributed by atoms with E-state index in [9.17, 15) is 4.79 Å². The van der Waals surface area contributed by atoms with Gasteiger partial charge < -0.3 is 14.1 Å². The fourth-order valence-corrected chi connectivity index (χ4v) is 3.34. The Kier molecular flexibility index (Phi) is 5.74. The molecule has 1 saturated heterocycles. The number of methoxy groups -OCH3 is 1. The van der Waals surface area contributed by atoms with Crippen molar-refractivity contribution in [2.45, 2.75) is 30.9 Å². The van der Waals surface area contributed by atoms with Crippen molar-refractivity contribution in [1.82, 2.24) is 15.1 Å². The zero-order chi connectivity index (χ0) is 16.8. The molecule has 0 unspecified atom stereocenters. The molecule has 2 heterocycles. The normalized spacial score (nSPS) is 15.1. The van der Waals surface area contributed by atoms with Gasteiger partial charge in [0, 0.05) is 18.7 Å². The van der Waals surface area contributed by atoms with Crippen molar-refractivity contribution in [3.63, 3.8) is 0 Å². The molecule has 128 valence electrons. The highest BCUT2D eigenvalue weighted by Gasteiger charge is 2.17. The van der Waals surface area contributed by atoms with Gasteiger partial charge in [0.25, 0.3) is 5.22 Å². The number of hydrogen-bond donors (Lipinski definition) is 0. The third-order valence-electron chi connectivity index (χ3n) is 4.00. The van der Waals surface area contributed by atoms with E-state index in [-0.39, 0.29) is 5.91 Å². The molecular weight excluding hydrogens is 326 g/mol. The number of amides is 1. The molecule has 2 aromatic rings. The summed E-state index contributed by atoms with van der Waals surface area (Å²) >= 11 is 1.29. The summed E-state index contributed by atoms with van der Waals surface area (Å²) in [5, 5.41) is 8.48. The van der Waals surface area contributed by atoms with Gasteiger partial charge in [-0.2, -0.15) is 0 Å². The van der Waals surface area contributed by atoms with E-state index in [0.717, 1.165) is 37.2 Å². The van der Waals surface area contributed by atoms with Crippen molar-refractivity contribution in [3.05, 3.63) is 24.3 Å². The number of ether oxygens (including phenoxy) is 1. The van der Waals surface area contributed by atoms with Crippen molar-refractivity contribution >= 4 is 17.7 Å². The maximum atomic E-state index is 12.3.